The van der Waals surface area contributed by atoms with Crippen LogP contribution in [-0.4, -0.2) is 15.0 Å². The van der Waals surface area contributed by atoms with Gasteiger partial charge in [0.1, 0.15) is 22.3 Å². The van der Waals surface area contributed by atoms with Crippen molar-refractivity contribution >= 4 is 43.9 Å². The van der Waals surface area contributed by atoms with E-state index in [1.54, 1.807) is 24.3 Å². The molecular formula is C51H31N3O2. The highest BCUT2D eigenvalue weighted by Crippen LogP contribution is 2.40. The molecule has 3 aromatic heterocycles. The molecule has 3 heterocycles. The first kappa shape index (κ1) is 26.2. The number of fused-ring (bicyclic) bond motifs is 6. The van der Waals surface area contributed by atoms with Crippen LogP contribution < -0.4 is 0 Å². The normalized spacial score (nSPS) is 13.1. The van der Waals surface area contributed by atoms with Gasteiger partial charge < -0.3 is 8.83 Å². The van der Waals surface area contributed by atoms with E-state index in [1.165, 1.54) is 0 Å². The number of rotatable bonds is 6. The fraction of sp³-hybridized carbons (Fsp3) is 0. The third-order valence-corrected chi connectivity index (χ3v) is 10.0. The predicted molar refractivity (Wildman–Crippen MR) is 227 cm³/mol. The number of aromatic nitrogens is 3. The second-order valence-electron chi connectivity index (χ2n) is 13.5. The van der Waals surface area contributed by atoms with Crippen LogP contribution in [0.2, 0.25) is 0 Å². The van der Waals surface area contributed by atoms with Crippen molar-refractivity contribution in [2.45, 2.75) is 0 Å². The Bertz CT molecular complexity index is 3540. The van der Waals surface area contributed by atoms with E-state index in [0.29, 0.717) is 27.9 Å². The van der Waals surface area contributed by atoms with Crippen molar-refractivity contribution in [1.82, 2.24) is 15.0 Å². The molecule has 0 aliphatic rings. The molecule has 262 valence electrons. The molecule has 0 aliphatic carbocycles. The van der Waals surface area contributed by atoms with Gasteiger partial charge in [0, 0.05) is 32.7 Å². The van der Waals surface area contributed by atoms with E-state index in [-0.39, 0.29) is 86.8 Å². The van der Waals surface area contributed by atoms with Gasteiger partial charge in [0.05, 0.1) is 13.8 Å². The zero-order chi connectivity index (χ0) is 42.2. The van der Waals surface area contributed by atoms with Crippen molar-refractivity contribution in [2.24, 2.45) is 0 Å². The number of nitrogens with zero attached hydrogens (tertiary/aromatic N) is 3. The van der Waals surface area contributed by atoms with Gasteiger partial charge in [0.2, 0.25) is 0 Å². The first-order chi connectivity index (χ1) is 30.2. The maximum atomic E-state index is 9.68. The quantitative estimate of drug-likeness (QED) is 0.171. The van der Waals surface area contributed by atoms with Gasteiger partial charge in [0.15, 0.2) is 17.5 Å². The molecule has 0 fully saturated rings. The van der Waals surface area contributed by atoms with Gasteiger partial charge in [0.25, 0.3) is 0 Å². The zero-order valence-electron chi connectivity index (χ0n) is 35.6. The van der Waals surface area contributed by atoms with Gasteiger partial charge in [-0.25, -0.2) is 15.0 Å². The average molecular weight is 724 g/mol. The summed E-state index contributed by atoms with van der Waals surface area (Å²) >= 11 is 0. The molecule has 0 saturated carbocycles. The monoisotopic (exact) mass is 723 g/mol. The third-order valence-electron chi connectivity index (χ3n) is 10.0. The second kappa shape index (κ2) is 13.0. The Morgan fingerprint density at radius 2 is 0.982 bits per heavy atom. The van der Waals surface area contributed by atoms with Crippen LogP contribution in [0, 0.1) is 0 Å². The van der Waals surface area contributed by atoms with E-state index < -0.39 is 0 Å². The van der Waals surface area contributed by atoms with Crippen LogP contribution in [0.4, 0.5) is 0 Å². The SMILES string of the molecule is [2H]c1c([2H])c(-c2ccccc2)c2c(oc3c([2H])c(-c4nc(-c5cc(-c6ccccc6)cc(-c6ccccc6)c5)nc(-c5cccc6c5oc5ccccc56)n4)c([2H])c([2H])c32)c1[2H]. The van der Waals surface area contributed by atoms with E-state index in [0.717, 1.165) is 33.0 Å². The minimum Gasteiger partial charge on any atom is -0.456 e. The van der Waals surface area contributed by atoms with Crippen molar-refractivity contribution in [3.8, 4) is 67.5 Å². The number of hydrogen-bond acceptors (Lipinski definition) is 5. The van der Waals surface area contributed by atoms with E-state index in [2.05, 4.69) is 6.07 Å². The van der Waals surface area contributed by atoms with E-state index in [4.69, 9.17) is 27.9 Å². The average Bonchev–Trinajstić information content (AvgIpc) is 3.91. The number of benzene rings is 8. The van der Waals surface area contributed by atoms with Crippen molar-refractivity contribution < 1.29 is 17.1 Å². The molecule has 8 aromatic carbocycles. The maximum Gasteiger partial charge on any atom is 0.167 e. The molecule has 5 nitrogen and oxygen atoms in total. The molecule has 11 aromatic rings. The molecular weight excluding hydrogens is 687 g/mol. The van der Waals surface area contributed by atoms with Crippen molar-refractivity contribution in [3.05, 3.63) is 188 Å². The summed E-state index contributed by atoms with van der Waals surface area (Å²) in [5.74, 6) is 0.460. The Hall–Kier alpha value is -7.63. The Balaban J connectivity index is 1.22. The van der Waals surface area contributed by atoms with Gasteiger partial charge in [-0.15, -0.1) is 0 Å². The minimum atomic E-state index is -0.348. The molecule has 5 heteroatoms. The zero-order valence-corrected chi connectivity index (χ0v) is 29.6. The Morgan fingerprint density at radius 3 is 1.71 bits per heavy atom. The third kappa shape index (κ3) is 5.45. The van der Waals surface area contributed by atoms with Crippen LogP contribution in [0.1, 0.15) is 8.22 Å². The molecule has 0 aliphatic heterocycles. The minimum absolute atomic E-state index is 0.0351. The highest BCUT2D eigenvalue weighted by atomic mass is 16.3. The van der Waals surface area contributed by atoms with Crippen molar-refractivity contribution in [3.63, 3.8) is 0 Å². The molecule has 0 amide bonds. The summed E-state index contributed by atoms with van der Waals surface area (Å²) in [6.07, 6.45) is 0. The van der Waals surface area contributed by atoms with Gasteiger partial charge in [-0.1, -0.05) is 139 Å². The van der Waals surface area contributed by atoms with Crippen LogP contribution in [0.5, 0.6) is 0 Å². The second-order valence-corrected chi connectivity index (χ2v) is 13.5. The Labute approximate surface area is 330 Å². The molecule has 0 saturated heterocycles. The lowest BCUT2D eigenvalue weighted by molar-refractivity contribution is 0.668. The molecule has 11 rings (SSSR count). The summed E-state index contributed by atoms with van der Waals surface area (Å²) in [6, 6.07) is 46.8. The highest BCUT2D eigenvalue weighted by Gasteiger charge is 2.20. The smallest absolute Gasteiger partial charge is 0.167 e. The molecule has 0 atom stereocenters. The highest BCUT2D eigenvalue weighted by molar-refractivity contribution is 6.13. The topological polar surface area (TPSA) is 65.0 Å². The van der Waals surface area contributed by atoms with Crippen LogP contribution in [-0.2, 0) is 0 Å². The molecule has 0 bridgehead atoms. The van der Waals surface area contributed by atoms with Crippen molar-refractivity contribution in [1.29, 1.82) is 0 Å². The van der Waals surface area contributed by atoms with Crippen LogP contribution in [0.3, 0.4) is 0 Å². The van der Waals surface area contributed by atoms with E-state index >= 15 is 0 Å². The molecule has 56 heavy (non-hydrogen) atoms. The van der Waals surface area contributed by atoms with Gasteiger partial charge in [-0.2, -0.15) is 0 Å². The summed E-state index contributed by atoms with van der Waals surface area (Å²) in [5.41, 5.74) is 6.96. The lowest BCUT2D eigenvalue weighted by Gasteiger charge is -2.12. The number of para-hydroxylation sites is 2. The van der Waals surface area contributed by atoms with Crippen LogP contribution >= 0.6 is 0 Å². The maximum absolute atomic E-state index is 9.68. The summed E-state index contributed by atoms with van der Waals surface area (Å²) in [7, 11) is 0. The fourth-order valence-electron chi connectivity index (χ4n) is 7.39. The van der Waals surface area contributed by atoms with Gasteiger partial charge >= 0.3 is 0 Å². The Kier molecular flexibility index (Phi) is 6.10. The Morgan fingerprint density at radius 1 is 0.375 bits per heavy atom. The predicted octanol–water partition coefficient (Wildman–Crippen LogP) is 13.7. The largest absolute Gasteiger partial charge is 0.456 e. The van der Waals surface area contributed by atoms with E-state index in [9.17, 15) is 4.11 Å². The lowest BCUT2D eigenvalue weighted by Crippen LogP contribution is -2.01. The number of furan rings is 2. The standard InChI is InChI=1S/C51H31N3O2/c1-4-14-32(15-5-1)36-28-37(33-16-6-2-7-17-33)30-38(29-36)50-52-49(53-51(54-50)43-23-12-22-41-40-20-10-11-24-44(40)56-48(41)43)35-26-27-42-46(31-35)55-45-25-13-21-39(47(42)45)34-18-8-3-9-19-34/h1-31H/i13D,21D,25D,26D,27D,31D. The van der Waals surface area contributed by atoms with Gasteiger partial charge in [-0.05, 0) is 81.8 Å². The molecule has 0 spiro atoms. The summed E-state index contributed by atoms with van der Waals surface area (Å²) in [5, 5.41) is 2.12. The summed E-state index contributed by atoms with van der Waals surface area (Å²) in [4.78, 5) is 15.1. The summed E-state index contributed by atoms with van der Waals surface area (Å²) in [6.45, 7) is 0. The molecule has 0 N–H and O–H groups in total. The first-order valence-corrected chi connectivity index (χ1v) is 18.2. The number of hydrogen-bond donors (Lipinski definition) is 0. The van der Waals surface area contributed by atoms with Crippen molar-refractivity contribution in [2.75, 3.05) is 0 Å². The van der Waals surface area contributed by atoms with Crippen LogP contribution in [0.15, 0.2) is 197 Å². The molecule has 0 unspecified atom stereocenters. The summed E-state index contributed by atoms with van der Waals surface area (Å²) < 4.78 is 67.9. The molecule has 0 radical (unpaired) electrons. The van der Waals surface area contributed by atoms with E-state index in [1.807, 2.05) is 121 Å². The lowest BCUT2D eigenvalue weighted by atomic mass is 9.96. The first-order valence-electron chi connectivity index (χ1n) is 21.2. The fourth-order valence-corrected chi connectivity index (χ4v) is 7.39. The van der Waals surface area contributed by atoms with Gasteiger partial charge in [-0.3, -0.25) is 0 Å². The van der Waals surface area contributed by atoms with Crippen LogP contribution in [0.25, 0.3) is 111 Å².